The van der Waals surface area contributed by atoms with Crippen molar-refractivity contribution in [2.45, 2.75) is 5.92 Å². The lowest BCUT2D eigenvalue weighted by atomic mass is 9.96. The fourth-order valence-electron chi connectivity index (χ4n) is 1.12. The molecule has 0 spiro atoms. The molecule has 13 heavy (non-hydrogen) atoms. The van der Waals surface area contributed by atoms with Crippen LogP contribution in [0.2, 0.25) is 0 Å². The van der Waals surface area contributed by atoms with Crippen LogP contribution in [0.5, 0.6) is 5.75 Å². The average molecular weight is 176 g/mol. The number of phenols is 1. The number of aromatic hydroxyl groups is 1. The van der Waals surface area contributed by atoms with Gasteiger partial charge in [0.1, 0.15) is 11.8 Å². The predicted molar refractivity (Wildman–Crippen MR) is 48.0 cm³/mol. The number of hydrogen-bond acceptors (Lipinski definition) is 3. The Balaban J connectivity index is 3.22. The van der Waals surface area contributed by atoms with Crippen LogP contribution in [0, 0.1) is 18.3 Å². The minimum Gasteiger partial charge on any atom is -0.507 e. The van der Waals surface area contributed by atoms with Crippen LogP contribution in [0.4, 0.5) is 0 Å². The molecule has 0 bridgehead atoms. The van der Waals surface area contributed by atoms with E-state index in [4.69, 9.17) is 10.4 Å². The zero-order valence-corrected chi connectivity index (χ0v) is 7.07. The maximum atomic E-state index is 9.30. The molecule has 2 N–H and O–H groups in total. The standard InChI is InChI=1S/C10H10NO2/c1-7(6-12)8-3-2-4-10(13)9(8)5-11/h2-4,7,12-13H,1,6H2. The molecule has 0 heterocycles. The number of benzene rings is 1. The second-order valence-corrected chi connectivity index (χ2v) is 2.73. The quantitative estimate of drug-likeness (QED) is 0.711. The highest BCUT2D eigenvalue weighted by Crippen LogP contribution is 2.25. The molecule has 0 aromatic heterocycles. The summed E-state index contributed by atoms with van der Waals surface area (Å²) in [7, 11) is 0. The second-order valence-electron chi connectivity index (χ2n) is 2.73. The first-order chi connectivity index (χ1) is 6.20. The first-order valence-electron chi connectivity index (χ1n) is 3.86. The maximum Gasteiger partial charge on any atom is 0.133 e. The Bertz CT molecular complexity index is 341. The molecule has 0 aliphatic carbocycles. The molecule has 67 valence electrons. The van der Waals surface area contributed by atoms with E-state index in [9.17, 15) is 5.11 Å². The highest BCUT2D eigenvalue weighted by Gasteiger charge is 2.12. The summed E-state index contributed by atoms with van der Waals surface area (Å²) >= 11 is 0. The first kappa shape index (κ1) is 9.56. The van der Waals surface area contributed by atoms with Crippen molar-refractivity contribution in [3.05, 3.63) is 36.2 Å². The van der Waals surface area contributed by atoms with E-state index < -0.39 is 0 Å². The Morgan fingerprint density at radius 3 is 2.77 bits per heavy atom. The minimum atomic E-state index is -0.373. The molecular formula is C10H10NO2. The van der Waals surface area contributed by atoms with E-state index >= 15 is 0 Å². The van der Waals surface area contributed by atoms with Crippen LogP contribution in [0.3, 0.4) is 0 Å². The predicted octanol–water partition coefficient (Wildman–Crippen LogP) is 1.17. The molecule has 3 nitrogen and oxygen atoms in total. The number of nitriles is 1. The average Bonchev–Trinajstić information content (AvgIpc) is 2.16. The SMILES string of the molecule is [CH2]C(CO)c1cccc(O)c1C#N. The van der Waals surface area contributed by atoms with E-state index in [0.29, 0.717) is 5.56 Å². The van der Waals surface area contributed by atoms with Gasteiger partial charge in [-0.05, 0) is 18.6 Å². The molecule has 0 saturated heterocycles. The van der Waals surface area contributed by atoms with Crippen molar-refractivity contribution >= 4 is 0 Å². The van der Waals surface area contributed by atoms with Crippen LogP contribution in [-0.4, -0.2) is 16.8 Å². The topological polar surface area (TPSA) is 64.2 Å². The molecule has 0 amide bonds. The maximum absolute atomic E-state index is 9.30. The molecule has 3 heteroatoms. The summed E-state index contributed by atoms with van der Waals surface area (Å²) < 4.78 is 0. The summed E-state index contributed by atoms with van der Waals surface area (Å²) in [5.41, 5.74) is 0.765. The van der Waals surface area contributed by atoms with Crippen LogP contribution in [0.15, 0.2) is 18.2 Å². The van der Waals surface area contributed by atoms with Gasteiger partial charge >= 0.3 is 0 Å². The van der Waals surface area contributed by atoms with Crippen molar-refractivity contribution in [3.8, 4) is 11.8 Å². The molecule has 1 aromatic carbocycles. The molecule has 0 aliphatic rings. The smallest absolute Gasteiger partial charge is 0.133 e. The monoisotopic (exact) mass is 176 g/mol. The number of phenolic OH excluding ortho intramolecular Hbond substituents is 1. The van der Waals surface area contributed by atoms with Crippen molar-refractivity contribution in [1.82, 2.24) is 0 Å². The van der Waals surface area contributed by atoms with Crippen LogP contribution in [0.25, 0.3) is 0 Å². The lowest BCUT2D eigenvalue weighted by Crippen LogP contribution is -2.01. The summed E-state index contributed by atoms with van der Waals surface area (Å²) in [6.45, 7) is 3.52. The fourth-order valence-corrected chi connectivity index (χ4v) is 1.12. The van der Waals surface area contributed by atoms with Gasteiger partial charge in [0.25, 0.3) is 0 Å². The van der Waals surface area contributed by atoms with Gasteiger partial charge in [-0.25, -0.2) is 0 Å². The third-order valence-corrected chi connectivity index (χ3v) is 1.85. The normalized spacial score (nSPS) is 12.1. The Morgan fingerprint density at radius 1 is 1.54 bits per heavy atom. The molecule has 1 unspecified atom stereocenters. The number of hydrogen-bond donors (Lipinski definition) is 2. The third kappa shape index (κ3) is 1.79. The van der Waals surface area contributed by atoms with Crippen LogP contribution in [-0.2, 0) is 0 Å². The van der Waals surface area contributed by atoms with Crippen LogP contribution >= 0.6 is 0 Å². The Morgan fingerprint density at radius 2 is 2.23 bits per heavy atom. The lowest BCUT2D eigenvalue weighted by Gasteiger charge is -2.10. The van der Waals surface area contributed by atoms with Crippen LogP contribution in [0.1, 0.15) is 17.0 Å². The fraction of sp³-hybridized carbons (Fsp3) is 0.200. The van der Waals surface area contributed by atoms with E-state index in [0.717, 1.165) is 0 Å². The van der Waals surface area contributed by atoms with E-state index in [2.05, 4.69) is 6.92 Å². The van der Waals surface area contributed by atoms with Gasteiger partial charge in [-0.3, -0.25) is 0 Å². The molecule has 0 fully saturated rings. The van der Waals surface area contributed by atoms with Gasteiger partial charge in [-0.15, -0.1) is 0 Å². The van der Waals surface area contributed by atoms with E-state index in [1.54, 1.807) is 12.1 Å². The van der Waals surface area contributed by atoms with Crippen LogP contribution < -0.4 is 0 Å². The number of aliphatic hydroxyl groups is 1. The molecule has 1 radical (unpaired) electrons. The second kappa shape index (κ2) is 3.92. The molecule has 1 atom stereocenters. The van der Waals surface area contributed by atoms with Gasteiger partial charge in [0.05, 0.1) is 5.56 Å². The summed E-state index contributed by atoms with van der Waals surface area (Å²) in [4.78, 5) is 0. The van der Waals surface area contributed by atoms with Gasteiger partial charge < -0.3 is 10.2 Å². The third-order valence-electron chi connectivity index (χ3n) is 1.85. The van der Waals surface area contributed by atoms with Gasteiger partial charge in [0.15, 0.2) is 0 Å². The first-order valence-corrected chi connectivity index (χ1v) is 3.86. The summed E-state index contributed by atoms with van der Waals surface area (Å²) in [5.74, 6) is -0.441. The van der Waals surface area contributed by atoms with E-state index in [1.807, 2.05) is 6.07 Å². The lowest BCUT2D eigenvalue weighted by molar-refractivity contribution is 0.282. The van der Waals surface area contributed by atoms with Crippen molar-refractivity contribution in [2.24, 2.45) is 0 Å². The Kier molecular flexibility index (Phi) is 2.88. The van der Waals surface area contributed by atoms with Crippen molar-refractivity contribution in [3.63, 3.8) is 0 Å². The minimum absolute atomic E-state index is 0.0675. The van der Waals surface area contributed by atoms with Crippen molar-refractivity contribution < 1.29 is 10.2 Å². The highest BCUT2D eigenvalue weighted by molar-refractivity contribution is 5.49. The number of aliphatic hydroxyl groups excluding tert-OH is 1. The zero-order valence-electron chi connectivity index (χ0n) is 7.07. The van der Waals surface area contributed by atoms with E-state index in [-0.39, 0.29) is 23.8 Å². The Hall–Kier alpha value is -1.53. The molecule has 0 aliphatic heterocycles. The van der Waals surface area contributed by atoms with Gasteiger partial charge in [0.2, 0.25) is 0 Å². The summed E-state index contributed by atoms with van der Waals surface area (Å²) in [6.07, 6.45) is 0. The summed E-state index contributed by atoms with van der Waals surface area (Å²) in [5, 5.41) is 26.9. The Labute approximate surface area is 76.9 Å². The molecule has 0 saturated carbocycles. The van der Waals surface area contributed by atoms with Crippen molar-refractivity contribution in [1.29, 1.82) is 5.26 Å². The van der Waals surface area contributed by atoms with Gasteiger partial charge in [0, 0.05) is 12.5 Å². The molecule has 1 aromatic rings. The highest BCUT2D eigenvalue weighted by atomic mass is 16.3. The van der Waals surface area contributed by atoms with Gasteiger partial charge in [-0.1, -0.05) is 12.1 Å². The number of nitrogens with zero attached hydrogens (tertiary/aromatic N) is 1. The molecule has 1 rings (SSSR count). The largest absolute Gasteiger partial charge is 0.507 e. The zero-order chi connectivity index (χ0) is 9.84. The van der Waals surface area contributed by atoms with Crippen molar-refractivity contribution in [2.75, 3.05) is 6.61 Å². The van der Waals surface area contributed by atoms with Gasteiger partial charge in [-0.2, -0.15) is 5.26 Å². The summed E-state index contributed by atoms with van der Waals surface area (Å²) in [6, 6.07) is 6.61. The number of rotatable bonds is 2. The molecular weight excluding hydrogens is 166 g/mol. The van der Waals surface area contributed by atoms with E-state index in [1.165, 1.54) is 6.07 Å².